The van der Waals surface area contributed by atoms with E-state index in [0.717, 1.165) is 36.8 Å². The van der Waals surface area contributed by atoms with Crippen LogP contribution in [0.1, 0.15) is 25.8 Å². The van der Waals surface area contributed by atoms with Gasteiger partial charge in [0.25, 0.3) is 0 Å². The van der Waals surface area contributed by atoms with E-state index in [9.17, 15) is 4.79 Å². The van der Waals surface area contributed by atoms with Crippen molar-refractivity contribution in [2.24, 2.45) is 5.41 Å². The van der Waals surface area contributed by atoms with Crippen LogP contribution in [0.2, 0.25) is 5.02 Å². The van der Waals surface area contributed by atoms with Crippen LogP contribution in [-0.2, 0) is 4.79 Å². The first-order chi connectivity index (χ1) is 8.89. The van der Waals surface area contributed by atoms with Crippen molar-refractivity contribution in [1.29, 1.82) is 0 Å². The molecule has 102 valence electrons. The van der Waals surface area contributed by atoms with Crippen molar-refractivity contribution in [2.75, 3.05) is 18.0 Å². The fourth-order valence-corrected chi connectivity index (χ4v) is 2.67. The number of aliphatic carboxylic acids is 1. The van der Waals surface area contributed by atoms with Gasteiger partial charge in [0.15, 0.2) is 0 Å². The Kier molecular flexibility index (Phi) is 3.85. The molecular formula is C15H18ClNO2. The van der Waals surface area contributed by atoms with Crippen LogP contribution in [0.15, 0.2) is 24.3 Å². The third kappa shape index (κ3) is 3.29. The van der Waals surface area contributed by atoms with Crippen molar-refractivity contribution >= 4 is 29.3 Å². The molecule has 0 aromatic heterocycles. The quantitative estimate of drug-likeness (QED) is 0.858. The van der Waals surface area contributed by atoms with E-state index in [1.54, 1.807) is 12.1 Å². The molecule has 0 amide bonds. The number of hydrogen-bond acceptors (Lipinski definition) is 2. The van der Waals surface area contributed by atoms with Crippen LogP contribution in [0, 0.1) is 5.41 Å². The van der Waals surface area contributed by atoms with Gasteiger partial charge in [-0.25, -0.2) is 4.79 Å². The maximum atomic E-state index is 10.7. The lowest BCUT2D eigenvalue weighted by atomic mass is 9.93. The minimum absolute atomic E-state index is 0.288. The summed E-state index contributed by atoms with van der Waals surface area (Å²) in [6.07, 6.45) is 3.83. The number of benzene rings is 1. The molecule has 1 aliphatic rings. The van der Waals surface area contributed by atoms with Crippen LogP contribution in [0.25, 0.3) is 6.08 Å². The van der Waals surface area contributed by atoms with Gasteiger partial charge in [-0.3, -0.25) is 0 Å². The summed E-state index contributed by atoms with van der Waals surface area (Å²) in [7, 11) is 0. The molecule has 1 N–H and O–H groups in total. The standard InChI is InChI=1S/C15H18ClNO2/c1-15(2)8-9-17(10-15)13-5-3-4-12(16)11(13)6-7-14(18)19/h3-7H,8-10H2,1-2H3,(H,18,19). The summed E-state index contributed by atoms with van der Waals surface area (Å²) in [6.45, 7) is 6.41. The smallest absolute Gasteiger partial charge is 0.328 e. The largest absolute Gasteiger partial charge is 0.478 e. The summed E-state index contributed by atoms with van der Waals surface area (Å²) < 4.78 is 0. The molecule has 0 saturated carbocycles. The fraction of sp³-hybridized carbons (Fsp3) is 0.400. The number of anilines is 1. The first kappa shape index (κ1) is 13.9. The Bertz CT molecular complexity index is 523. The van der Waals surface area contributed by atoms with Gasteiger partial charge in [0.1, 0.15) is 0 Å². The Hall–Kier alpha value is -1.48. The Morgan fingerprint density at radius 1 is 1.47 bits per heavy atom. The molecule has 4 heteroatoms. The molecule has 0 aliphatic carbocycles. The van der Waals surface area contributed by atoms with Gasteiger partial charge < -0.3 is 10.0 Å². The Morgan fingerprint density at radius 2 is 2.21 bits per heavy atom. The highest BCUT2D eigenvalue weighted by molar-refractivity contribution is 6.32. The van der Waals surface area contributed by atoms with Gasteiger partial charge >= 0.3 is 5.97 Å². The SMILES string of the molecule is CC1(C)CCN(c2cccc(Cl)c2C=CC(=O)O)C1. The fourth-order valence-electron chi connectivity index (χ4n) is 2.44. The molecule has 1 heterocycles. The Labute approximate surface area is 118 Å². The molecule has 3 nitrogen and oxygen atoms in total. The molecule has 1 saturated heterocycles. The molecule has 19 heavy (non-hydrogen) atoms. The second kappa shape index (κ2) is 5.25. The van der Waals surface area contributed by atoms with Crippen molar-refractivity contribution in [1.82, 2.24) is 0 Å². The second-order valence-electron chi connectivity index (χ2n) is 5.68. The highest BCUT2D eigenvalue weighted by Gasteiger charge is 2.30. The predicted molar refractivity (Wildman–Crippen MR) is 78.7 cm³/mol. The first-order valence-corrected chi connectivity index (χ1v) is 6.71. The third-order valence-corrected chi connectivity index (χ3v) is 3.77. The van der Waals surface area contributed by atoms with Gasteiger partial charge in [-0.05, 0) is 30.0 Å². The van der Waals surface area contributed by atoms with Crippen LogP contribution >= 0.6 is 11.6 Å². The highest BCUT2D eigenvalue weighted by Crippen LogP contribution is 2.36. The molecule has 0 atom stereocenters. The van der Waals surface area contributed by atoms with Crippen molar-refractivity contribution in [3.8, 4) is 0 Å². The second-order valence-corrected chi connectivity index (χ2v) is 6.09. The average molecular weight is 280 g/mol. The molecule has 1 aliphatic heterocycles. The van der Waals surface area contributed by atoms with Crippen molar-refractivity contribution in [2.45, 2.75) is 20.3 Å². The van der Waals surface area contributed by atoms with Crippen LogP contribution in [0.3, 0.4) is 0 Å². The van der Waals surface area contributed by atoms with Gasteiger partial charge in [-0.2, -0.15) is 0 Å². The van der Waals surface area contributed by atoms with Gasteiger partial charge in [0.2, 0.25) is 0 Å². The molecule has 0 radical (unpaired) electrons. The van der Waals surface area contributed by atoms with E-state index >= 15 is 0 Å². The monoisotopic (exact) mass is 279 g/mol. The number of nitrogens with zero attached hydrogens (tertiary/aromatic N) is 1. The van der Waals surface area contributed by atoms with Crippen LogP contribution in [-0.4, -0.2) is 24.2 Å². The van der Waals surface area contributed by atoms with E-state index in [2.05, 4.69) is 18.7 Å². The molecule has 0 bridgehead atoms. The van der Waals surface area contributed by atoms with E-state index in [0.29, 0.717) is 5.02 Å². The summed E-state index contributed by atoms with van der Waals surface area (Å²) in [5.74, 6) is -0.965. The van der Waals surface area contributed by atoms with Gasteiger partial charge in [0, 0.05) is 35.4 Å². The van der Waals surface area contributed by atoms with Gasteiger partial charge in [-0.15, -0.1) is 0 Å². The maximum Gasteiger partial charge on any atom is 0.328 e. The number of hydrogen-bond donors (Lipinski definition) is 1. The zero-order valence-corrected chi connectivity index (χ0v) is 11.9. The molecule has 1 aromatic rings. The van der Waals surface area contributed by atoms with E-state index < -0.39 is 5.97 Å². The summed E-state index contributed by atoms with van der Waals surface area (Å²) in [5, 5.41) is 9.34. The number of carbonyl (C=O) groups is 1. The Morgan fingerprint density at radius 3 is 2.79 bits per heavy atom. The van der Waals surface area contributed by atoms with Gasteiger partial charge in [0.05, 0.1) is 0 Å². The first-order valence-electron chi connectivity index (χ1n) is 6.33. The van der Waals surface area contributed by atoms with Gasteiger partial charge in [-0.1, -0.05) is 31.5 Å². The molecular weight excluding hydrogens is 262 g/mol. The summed E-state index contributed by atoms with van der Waals surface area (Å²) in [5.41, 5.74) is 2.08. The zero-order chi connectivity index (χ0) is 14.0. The summed E-state index contributed by atoms with van der Waals surface area (Å²) in [4.78, 5) is 12.9. The van der Waals surface area contributed by atoms with Crippen LogP contribution in [0.5, 0.6) is 0 Å². The van der Waals surface area contributed by atoms with Crippen molar-refractivity contribution in [3.63, 3.8) is 0 Å². The average Bonchev–Trinajstić information content (AvgIpc) is 2.67. The number of carboxylic acids is 1. The highest BCUT2D eigenvalue weighted by atomic mass is 35.5. The predicted octanol–water partition coefficient (Wildman–Crippen LogP) is 3.67. The molecule has 1 aromatic carbocycles. The minimum Gasteiger partial charge on any atom is -0.478 e. The molecule has 0 spiro atoms. The summed E-state index contributed by atoms with van der Waals surface area (Å²) in [6, 6.07) is 5.68. The number of halogens is 1. The minimum atomic E-state index is -0.965. The number of rotatable bonds is 3. The van der Waals surface area contributed by atoms with Crippen LogP contribution in [0.4, 0.5) is 5.69 Å². The normalized spacial score (nSPS) is 18.2. The molecule has 1 fully saturated rings. The van der Waals surface area contributed by atoms with Crippen LogP contribution < -0.4 is 4.90 Å². The van der Waals surface area contributed by atoms with E-state index in [1.807, 2.05) is 12.1 Å². The molecule has 0 unspecified atom stereocenters. The molecule has 2 rings (SSSR count). The maximum absolute atomic E-state index is 10.7. The topological polar surface area (TPSA) is 40.5 Å². The van der Waals surface area contributed by atoms with Crippen molar-refractivity contribution in [3.05, 3.63) is 34.9 Å². The van der Waals surface area contributed by atoms with E-state index in [-0.39, 0.29) is 5.41 Å². The lowest BCUT2D eigenvalue weighted by Crippen LogP contribution is -2.23. The van der Waals surface area contributed by atoms with Crippen molar-refractivity contribution < 1.29 is 9.90 Å². The lowest BCUT2D eigenvalue weighted by molar-refractivity contribution is -0.131. The summed E-state index contributed by atoms with van der Waals surface area (Å²) >= 11 is 6.19. The van der Waals surface area contributed by atoms with E-state index in [4.69, 9.17) is 16.7 Å². The van der Waals surface area contributed by atoms with E-state index in [1.165, 1.54) is 0 Å². The third-order valence-electron chi connectivity index (χ3n) is 3.44. The lowest BCUT2D eigenvalue weighted by Gasteiger charge is -2.23. The zero-order valence-electron chi connectivity index (χ0n) is 11.2. The Balaban J connectivity index is 2.35. The number of carboxylic acid groups (broad SMARTS) is 1.